The van der Waals surface area contributed by atoms with Gasteiger partial charge in [0.2, 0.25) is 0 Å². The second-order valence-corrected chi connectivity index (χ2v) is 4.43. The average molecular weight is 176 g/mol. The molecule has 1 fully saturated rings. The van der Waals surface area contributed by atoms with E-state index in [4.69, 9.17) is 0 Å². The lowest BCUT2D eigenvalue weighted by molar-refractivity contribution is 0.616. The van der Waals surface area contributed by atoms with Crippen molar-refractivity contribution in [3.8, 4) is 0 Å². The van der Waals surface area contributed by atoms with E-state index in [0.29, 0.717) is 0 Å². The Balaban J connectivity index is 1.80. The summed E-state index contributed by atoms with van der Waals surface area (Å²) in [6.45, 7) is 0. The number of allylic oxidation sites excluding steroid dienone is 4. The van der Waals surface area contributed by atoms with Gasteiger partial charge in [0.1, 0.15) is 0 Å². The Morgan fingerprint density at radius 1 is 0.615 bits per heavy atom. The summed E-state index contributed by atoms with van der Waals surface area (Å²) in [5, 5.41) is 0. The Labute approximate surface area is 81.7 Å². The fourth-order valence-corrected chi connectivity index (χ4v) is 2.30. The third-order valence-corrected chi connectivity index (χ3v) is 3.31. The summed E-state index contributed by atoms with van der Waals surface area (Å²) in [7, 11) is 0. The summed E-state index contributed by atoms with van der Waals surface area (Å²) in [4.78, 5) is 0. The molecule has 0 bridgehead atoms. The van der Waals surface area contributed by atoms with E-state index in [1.165, 1.54) is 44.9 Å². The molecule has 0 heteroatoms. The molecule has 72 valence electrons. The van der Waals surface area contributed by atoms with Gasteiger partial charge in [-0.3, -0.25) is 0 Å². The van der Waals surface area contributed by atoms with E-state index in [0.717, 1.165) is 11.8 Å². The first-order valence-corrected chi connectivity index (χ1v) is 5.77. The summed E-state index contributed by atoms with van der Waals surface area (Å²) in [6, 6.07) is 0. The number of hydrogen-bond donors (Lipinski definition) is 0. The smallest absolute Gasteiger partial charge is 0.0316 e. The standard InChI is InChI=1S/C13H20/c1-2-4-6-8-10-13-11-12(13)9-7-5-3-1/h3-6,12-13H,1-2,7-11H2/b5-3-,6-4+. The van der Waals surface area contributed by atoms with Crippen LogP contribution in [0.3, 0.4) is 0 Å². The van der Waals surface area contributed by atoms with Gasteiger partial charge in [0, 0.05) is 0 Å². The third kappa shape index (κ3) is 3.02. The van der Waals surface area contributed by atoms with E-state index in [1.54, 1.807) is 0 Å². The van der Waals surface area contributed by atoms with Crippen molar-refractivity contribution in [2.24, 2.45) is 11.8 Å². The van der Waals surface area contributed by atoms with Crippen molar-refractivity contribution in [1.29, 1.82) is 0 Å². The van der Waals surface area contributed by atoms with Crippen molar-refractivity contribution in [2.45, 2.75) is 44.9 Å². The van der Waals surface area contributed by atoms with E-state index in [-0.39, 0.29) is 0 Å². The Morgan fingerprint density at radius 3 is 1.62 bits per heavy atom. The van der Waals surface area contributed by atoms with Gasteiger partial charge in [-0.15, -0.1) is 0 Å². The molecule has 0 aromatic heterocycles. The van der Waals surface area contributed by atoms with Crippen LogP contribution in [0.15, 0.2) is 24.3 Å². The number of fused-ring (bicyclic) bond motifs is 1. The second-order valence-electron chi connectivity index (χ2n) is 4.43. The van der Waals surface area contributed by atoms with Crippen LogP contribution >= 0.6 is 0 Å². The topological polar surface area (TPSA) is 0 Å². The highest BCUT2D eigenvalue weighted by atomic mass is 14.4. The molecule has 0 aliphatic heterocycles. The van der Waals surface area contributed by atoms with E-state index in [9.17, 15) is 0 Å². The molecule has 0 aromatic carbocycles. The molecular formula is C13H20. The first-order valence-electron chi connectivity index (χ1n) is 5.77. The van der Waals surface area contributed by atoms with Gasteiger partial charge >= 0.3 is 0 Å². The Kier molecular flexibility index (Phi) is 3.23. The zero-order valence-electron chi connectivity index (χ0n) is 8.41. The predicted octanol–water partition coefficient (Wildman–Crippen LogP) is 4.09. The van der Waals surface area contributed by atoms with Crippen LogP contribution in [0, 0.1) is 11.8 Å². The van der Waals surface area contributed by atoms with Crippen LogP contribution in [-0.4, -0.2) is 0 Å². The van der Waals surface area contributed by atoms with Gasteiger partial charge in [-0.05, 0) is 56.8 Å². The van der Waals surface area contributed by atoms with Crippen molar-refractivity contribution < 1.29 is 0 Å². The van der Waals surface area contributed by atoms with Crippen LogP contribution in [0.5, 0.6) is 0 Å². The molecule has 2 aliphatic rings. The van der Waals surface area contributed by atoms with Crippen LogP contribution in [-0.2, 0) is 0 Å². The Morgan fingerprint density at radius 2 is 1.08 bits per heavy atom. The number of rotatable bonds is 0. The molecule has 0 heterocycles. The van der Waals surface area contributed by atoms with Gasteiger partial charge in [-0.25, -0.2) is 0 Å². The zero-order chi connectivity index (χ0) is 8.93. The van der Waals surface area contributed by atoms with E-state index < -0.39 is 0 Å². The van der Waals surface area contributed by atoms with E-state index >= 15 is 0 Å². The summed E-state index contributed by atoms with van der Waals surface area (Å²) in [6.07, 6.45) is 19.0. The minimum absolute atomic E-state index is 1.08. The van der Waals surface area contributed by atoms with Crippen LogP contribution in [0.1, 0.15) is 44.9 Å². The van der Waals surface area contributed by atoms with Crippen molar-refractivity contribution in [2.75, 3.05) is 0 Å². The largest absolute Gasteiger partial charge is 0.0885 e. The molecule has 0 saturated heterocycles. The second kappa shape index (κ2) is 4.64. The van der Waals surface area contributed by atoms with Gasteiger partial charge in [0.15, 0.2) is 0 Å². The third-order valence-electron chi connectivity index (χ3n) is 3.31. The van der Waals surface area contributed by atoms with Crippen molar-refractivity contribution in [3.63, 3.8) is 0 Å². The SMILES string of the molecule is C1=C\CCC2CC2CC/C=C/CC/1. The molecule has 2 aliphatic carbocycles. The predicted molar refractivity (Wildman–Crippen MR) is 57.6 cm³/mol. The van der Waals surface area contributed by atoms with Crippen molar-refractivity contribution in [1.82, 2.24) is 0 Å². The quantitative estimate of drug-likeness (QED) is 0.488. The minimum atomic E-state index is 1.08. The molecule has 0 spiro atoms. The zero-order valence-corrected chi connectivity index (χ0v) is 8.41. The van der Waals surface area contributed by atoms with Crippen LogP contribution < -0.4 is 0 Å². The van der Waals surface area contributed by atoms with E-state index in [2.05, 4.69) is 24.3 Å². The summed E-state index contributed by atoms with van der Waals surface area (Å²) < 4.78 is 0. The summed E-state index contributed by atoms with van der Waals surface area (Å²) in [5.41, 5.74) is 0. The van der Waals surface area contributed by atoms with Crippen LogP contribution in [0.4, 0.5) is 0 Å². The fourth-order valence-electron chi connectivity index (χ4n) is 2.30. The molecule has 0 amide bonds. The van der Waals surface area contributed by atoms with Crippen molar-refractivity contribution >= 4 is 0 Å². The van der Waals surface area contributed by atoms with Gasteiger partial charge < -0.3 is 0 Å². The molecule has 2 atom stereocenters. The minimum Gasteiger partial charge on any atom is -0.0885 e. The maximum atomic E-state index is 2.38. The maximum Gasteiger partial charge on any atom is -0.0316 e. The molecule has 13 heavy (non-hydrogen) atoms. The first-order chi connectivity index (χ1) is 6.47. The van der Waals surface area contributed by atoms with Gasteiger partial charge in [-0.2, -0.15) is 0 Å². The molecule has 0 nitrogen and oxygen atoms in total. The van der Waals surface area contributed by atoms with Crippen LogP contribution in [0.25, 0.3) is 0 Å². The maximum absolute atomic E-state index is 2.38. The highest BCUT2D eigenvalue weighted by molar-refractivity contribution is 4.94. The molecule has 2 unspecified atom stereocenters. The summed E-state index contributed by atoms with van der Waals surface area (Å²) >= 11 is 0. The summed E-state index contributed by atoms with van der Waals surface area (Å²) in [5.74, 6) is 2.16. The van der Waals surface area contributed by atoms with Crippen LogP contribution in [0.2, 0.25) is 0 Å². The normalized spacial score (nSPS) is 39.4. The number of hydrogen-bond acceptors (Lipinski definition) is 0. The Bertz CT molecular complexity index is 178. The Hall–Kier alpha value is -0.520. The van der Waals surface area contributed by atoms with Gasteiger partial charge in [0.25, 0.3) is 0 Å². The molecule has 0 radical (unpaired) electrons. The molecule has 0 N–H and O–H groups in total. The molecular weight excluding hydrogens is 156 g/mol. The fraction of sp³-hybridized carbons (Fsp3) is 0.692. The lowest BCUT2D eigenvalue weighted by atomic mass is 10.1. The molecule has 2 rings (SSSR count). The molecule has 0 aromatic rings. The highest BCUT2D eigenvalue weighted by Crippen LogP contribution is 2.45. The van der Waals surface area contributed by atoms with Gasteiger partial charge in [0.05, 0.1) is 0 Å². The lowest BCUT2D eigenvalue weighted by Gasteiger charge is -1.97. The lowest BCUT2D eigenvalue weighted by Crippen LogP contribution is -1.83. The first kappa shape index (κ1) is 9.05. The molecule has 1 saturated carbocycles. The highest BCUT2D eigenvalue weighted by Gasteiger charge is 2.34. The van der Waals surface area contributed by atoms with E-state index in [1.807, 2.05) is 0 Å². The van der Waals surface area contributed by atoms with Crippen molar-refractivity contribution in [3.05, 3.63) is 24.3 Å². The average Bonchev–Trinajstić information content (AvgIpc) is 2.83. The van der Waals surface area contributed by atoms with Gasteiger partial charge in [-0.1, -0.05) is 24.3 Å². The monoisotopic (exact) mass is 176 g/mol.